The van der Waals surface area contributed by atoms with E-state index in [2.05, 4.69) is 21.0 Å². The Morgan fingerprint density at radius 3 is 2.80 bits per heavy atom. The summed E-state index contributed by atoms with van der Waals surface area (Å²) < 4.78 is 2.67. The monoisotopic (exact) mass is 272 g/mol. The fourth-order valence-corrected chi connectivity index (χ4v) is 3.08. The van der Waals surface area contributed by atoms with E-state index in [0.29, 0.717) is 5.92 Å². The first kappa shape index (κ1) is 11.1. The number of aromatic nitrogens is 2. The maximum absolute atomic E-state index is 10.1. The smallest absolute Gasteiger partial charge is 0.0970 e. The molecule has 2 rings (SSSR count). The molecule has 1 heterocycles. The molecule has 1 aliphatic rings. The summed E-state index contributed by atoms with van der Waals surface area (Å²) >= 11 is 3.42. The Kier molecular flexibility index (Phi) is 3.46. The van der Waals surface area contributed by atoms with E-state index in [9.17, 15) is 5.11 Å². The third-order valence-electron chi connectivity index (χ3n) is 3.28. The number of rotatable bonds is 3. The molecular weight excluding hydrogens is 256 g/mol. The third-order valence-corrected chi connectivity index (χ3v) is 3.90. The van der Waals surface area contributed by atoms with Crippen LogP contribution in [0.25, 0.3) is 0 Å². The predicted octanol–water partition coefficient (Wildman–Crippen LogP) is 2.80. The highest BCUT2D eigenvalue weighted by Gasteiger charge is 2.23. The number of hydrogen-bond acceptors (Lipinski definition) is 2. The Labute approximate surface area is 98.6 Å². The second-order valence-corrected chi connectivity index (χ2v) is 5.26. The molecule has 1 aliphatic carbocycles. The van der Waals surface area contributed by atoms with Crippen molar-refractivity contribution in [2.24, 2.45) is 13.0 Å². The molecule has 0 aliphatic heterocycles. The van der Waals surface area contributed by atoms with Gasteiger partial charge in [0.25, 0.3) is 0 Å². The minimum Gasteiger partial charge on any atom is -0.387 e. The summed E-state index contributed by atoms with van der Waals surface area (Å²) in [5.41, 5.74) is 0.905. The average Bonchev–Trinajstić information content (AvgIpc) is 2.77. The highest BCUT2D eigenvalue weighted by molar-refractivity contribution is 9.10. The third kappa shape index (κ3) is 2.42. The number of halogens is 1. The van der Waals surface area contributed by atoms with Crippen molar-refractivity contribution < 1.29 is 5.11 Å². The van der Waals surface area contributed by atoms with Crippen LogP contribution in [0.5, 0.6) is 0 Å². The molecule has 0 saturated heterocycles. The number of aryl methyl sites for hydroxylation is 1. The van der Waals surface area contributed by atoms with Gasteiger partial charge in [-0.2, -0.15) is 5.10 Å². The fraction of sp³-hybridized carbons (Fsp3) is 0.727. The zero-order valence-corrected chi connectivity index (χ0v) is 10.6. The van der Waals surface area contributed by atoms with E-state index >= 15 is 0 Å². The summed E-state index contributed by atoms with van der Waals surface area (Å²) in [6.45, 7) is 0. The Morgan fingerprint density at radius 2 is 2.27 bits per heavy atom. The van der Waals surface area contributed by atoms with Crippen LogP contribution in [0.15, 0.2) is 10.7 Å². The normalized spacial score (nSPS) is 19.7. The zero-order chi connectivity index (χ0) is 10.8. The van der Waals surface area contributed by atoms with Crippen LogP contribution < -0.4 is 0 Å². The molecule has 1 N–H and O–H groups in total. The van der Waals surface area contributed by atoms with Gasteiger partial charge in [0.1, 0.15) is 0 Å². The number of aliphatic hydroxyl groups is 1. The maximum Gasteiger partial charge on any atom is 0.0970 e. The second-order valence-electron chi connectivity index (χ2n) is 4.40. The van der Waals surface area contributed by atoms with Gasteiger partial charge in [-0.15, -0.1) is 0 Å². The van der Waals surface area contributed by atoms with Crippen molar-refractivity contribution in [1.82, 2.24) is 9.78 Å². The molecule has 0 spiro atoms. The molecule has 84 valence electrons. The van der Waals surface area contributed by atoms with Gasteiger partial charge in [0.05, 0.1) is 22.5 Å². The molecule has 15 heavy (non-hydrogen) atoms. The Hall–Kier alpha value is -0.350. The van der Waals surface area contributed by atoms with Gasteiger partial charge in [0, 0.05) is 7.05 Å². The van der Waals surface area contributed by atoms with E-state index < -0.39 is 0 Å². The molecule has 0 amide bonds. The van der Waals surface area contributed by atoms with Gasteiger partial charge in [-0.25, -0.2) is 0 Å². The van der Waals surface area contributed by atoms with E-state index in [1.165, 1.54) is 25.7 Å². The van der Waals surface area contributed by atoms with Crippen LogP contribution in [0.3, 0.4) is 0 Å². The molecule has 1 atom stereocenters. The Bertz CT molecular complexity index is 312. The van der Waals surface area contributed by atoms with Crippen LogP contribution >= 0.6 is 15.9 Å². The van der Waals surface area contributed by atoms with Gasteiger partial charge < -0.3 is 5.11 Å². The van der Waals surface area contributed by atoms with E-state index in [1.807, 2.05) is 7.05 Å². The average molecular weight is 273 g/mol. The molecule has 1 aromatic heterocycles. The molecule has 0 radical (unpaired) electrons. The van der Waals surface area contributed by atoms with Gasteiger partial charge >= 0.3 is 0 Å². The molecule has 3 nitrogen and oxygen atoms in total. The predicted molar refractivity (Wildman–Crippen MR) is 62.4 cm³/mol. The van der Waals surface area contributed by atoms with Crippen molar-refractivity contribution in [3.05, 3.63) is 16.4 Å². The van der Waals surface area contributed by atoms with E-state index in [1.54, 1.807) is 10.9 Å². The van der Waals surface area contributed by atoms with Gasteiger partial charge in [0.15, 0.2) is 0 Å². The Balaban J connectivity index is 2.03. The standard InChI is InChI=1S/C11H17BrN2O/c1-14-11(9(12)7-13-14)10(15)6-8-4-2-3-5-8/h7-8,10,15H,2-6H2,1H3. The van der Waals surface area contributed by atoms with Crippen LogP contribution in [0.2, 0.25) is 0 Å². The molecule has 0 aromatic carbocycles. The minimum atomic E-state index is -0.380. The maximum atomic E-state index is 10.1. The second kappa shape index (κ2) is 4.66. The van der Waals surface area contributed by atoms with Crippen molar-refractivity contribution in [3.8, 4) is 0 Å². The quantitative estimate of drug-likeness (QED) is 0.919. The largest absolute Gasteiger partial charge is 0.387 e. The van der Waals surface area contributed by atoms with Gasteiger partial charge in [0.2, 0.25) is 0 Å². The fourth-order valence-electron chi connectivity index (χ4n) is 2.47. The Morgan fingerprint density at radius 1 is 1.60 bits per heavy atom. The van der Waals surface area contributed by atoms with Crippen molar-refractivity contribution in [2.45, 2.75) is 38.2 Å². The van der Waals surface area contributed by atoms with Crippen LogP contribution in [0, 0.1) is 5.92 Å². The summed E-state index contributed by atoms with van der Waals surface area (Å²) in [7, 11) is 1.87. The zero-order valence-electron chi connectivity index (χ0n) is 8.99. The highest BCUT2D eigenvalue weighted by Crippen LogP contribution is 2.34. The molecular formula is C11H17BrN2O. The molecule has 0 bridgehead atoms. The summed E-state index contributed by atoms with van der Waals surface area (Å²) in [6, 6.07) is 0. The van der Waals surface area contributed by atoms with Crippen LogP contribution in [0.4, 0.5) is 0 Å². The van der Waals surface area contributed by atoms with Crippen molar-refractivity contribution in [2.75, 3.05) is 0 Å². The summed E-state index contributed by atoms with van der Waals surface area (Å²) in [6.07, 6.45) is 7.42. The van der Waals surface area contributed by atoms with E-state index in [4.69, 9.17) is 0 Å². The highest BCUT2D eigenvalue weighted by atomic mass is 79.9. The summed E-state index contributed by atoms with van der Waals surface area (Å²) in [4.78, 5) is 0. The lowest BCUT2D eigenvalue weighted by Crippen LogP contribution is -2.09. The van der Waals surface area contributed by atoms with Gasteiger partial charge in [-0.1, -0.05) is 25.7 Å². The number of aliphatic hydroxyl groups excluding tert-OH is 1. The van der Waals surface area contributed by atoms with Crippen LogP contribution in [0.1, 0.15) is 43.9 Å². The molecule has 1 fully saturated rings. The van der Waals surface area contributed by atoms with Crippen molar-refractivity contribution >= 4 is 15.9 Å². The molecule has 4 heteroatoms. The van der Waals surface area contributed by atoms with E-state index in [-0.39, 0.29) is 6.10 Å². The van der Waals surface area contributed by atoms with Crippen LogP contribution in [-0.4, -0.2) is 14.9 Å². The minimum absolute atomic E-state index is 0.380. The molecule has 1 aromatic rings. The van der Waals surface area contributed by atoms with Crippen molar-refractivity contribution in [3.63, 3.8) is 0 Å². The lowest BCUT2D eigenvalue weighted by molar-refractivity contribution is 0.135. The first-order valence-corrected chi connectivity index (χ1v) is 6.33. The first-order chi connectivity index (χ1) is 7.18. The lowest BCUT2D eigenvalue weighted by atomic mass is 9.98. The van der Waals surface area contributed by atoms with Crippen molar-refractivity contribution in [1.29, 1.82) is 0 Å². The SMILES string of the molecule is Cn1ncc(Br)c1C(O)CC1CCCC1. The van der Waals surface area contributed by atoms with Crippen LogP contribution in [-0.2, 0) is 7.05 Å². The van der Waals surface area contributed by atoms with Gasteiger partial charge in [-0.3, -0.25) is 4.68 Å². The summed E-state index contributed by atoms with van der Waals surface area (Å²) in [5.74, 6) is 0.696. The van der Waals surface area contributed by atoms with Gasteiger partial charge in [-0.05, 0) is 28.3 Å². The lowest BCUT2D eigenvalue weighted by Gasteiger charge is -2.16. The first-order valence-electron chi connectivity index (χ1n) is 5.54. The topological polar surface area (TPSA) is 38.0 Å². The van der Waals surface area contributed by atoms with E-state index in [0.717, 1.165) is 16.6 Å². The summed E-state index contributed by atoms with van der Waals surface area (Å²) in [5, 5.41) is 14.3. The molecule has 1 saturated carbocycles. The number of hydrogen-bond donors (Lipinski definition) is 1. The molecule has 1 unspecified atom stereocenters. The number of nitrogens with zero attached hydrogens (tertiary/aromatic N) is 2.